The summed E-state index contributed by atoms with van der Waals surface area (Å²) in [6.45, 7) is 6.64. The van der Waals surface area contributed by atoms with Crippen LogP contribution in [0, 0.1) is 0 Å². The van der Waals surface area contributed by atoms with Crippen LogP contribution < -0.4 is 9.50 Å². The molecule has 0 bridgehead atoms. The van der Waals surface area contributed by atoms with Crippen molar-refractivity contribution >= 4 is 16.1 Å². The molecule has 1 unspecified atom stereocenters. The van der Waals surface area contributed by atoms with Crippen LogP contribution in [0.2, 0.25) is 0 Å². The second-order valence-corrected chi connectivity index (χ2v) is 10.6. The van der Waals surface area contributed by atoms with E-state index >= 15 is 0 Å². The Hall–Kier alpha value is -3.16. The Morgan fingerprint density at radius 2 is 1.56 bits per heavy atom. The van der Waals surface area contributed by atoms with Crippen LogP contribution in [0.4, 0.5) is 0 Å². The highest BCUT2D eigenvalue weighted by molar-refractivity contribution is 7.87. The summed E-state index contributed by atoms with van der Waals surface area (Å²) in [4.78, 5) is 12.7. The molecule has 34 heavy (non-hydrogen) atoms. The molecule has 7 heteroatoms. The van der Waals surface area contributed by atoms with Crippen molar-refractivity contribution in [1.82, 2.24) is 5.32 Å². The SMILES string of the molecule is CC(C)(C)OC(=O)CC(CNCc1ccccc1)c1cccc(OS(=O)(=O)c2ccccc2)c1. The Morgan fingerprint density at radius 3 is 2.21 bits per heavy atom. The van der Waals surface area contributed by atoms with Gasteiger partial charge in [-0.3, -0.25) is 4.79 Å². The average Bonchev–Trinajstić information content (AvgIpc) is 2.78. The molecule has 0 aliphatic heterocycles. The summed E-state index contributed by atoms with van der Waals surface area (Å²) in [5.74, 6) is -0.359. The summed E-state index contributed by atoms with van der Waals surface area (Å²) in [6.07, 6.45) is 0.147. The molecule has 0 saturated heterocycles. The smallest absolute Gasteiger partial charge is 0.339 e. The third-order valence-corrected chi connectivity index (χ3v) is 6.22. The Bertz CT molecular complexity index is 1170. The Kier molecular flexibility index (Phi) is 8.47. The van der Waals surface area contributed by atoms with Gasteiger partial charge >= 0.3 is 16.1 Å². The van der Waals surface area contributed by atoms with E-state index in [0.29, 0.717) is 13.1 Å². The molecule has 0 saturated carbocycles. The predicted octanol–water partition coefficient (Wildman–Crippen LogP) is 5.06. The molecule has 0 spiro atoms. The molecule has 3 aromatic rings. The van der Waals surface area contributed by atoms with E-state index < -0.39 is 15.7 Å². The van der Waals surface area contributed by atoms with E-state index in [0.717, 1.165) is 11.1 Å². The van der Waals surface area contributed by atoms with Gasteiger partial charge in [0.15, 0.2) is 0 Å². The zero-order valence-electron chi connectivity index (χ0n) is 19.7. The number of carbonyl (C=O) groups is 1. The summed E-state index contributed by atoms with van der Waals surface area (Å²) in [6, 6.07) is 24.8. The first-order valence-corrected chi connectivity index (χ1v) is 12.6. The fourth-order valence-electron chi connectivity index (χ4n) is 3.46. The topological polar surface area (TPSA) is 81.7 Å². The van der Waals surface area contributed by atoms with Crippen LogP contribution in [0.3, 0.4) is 0 Å². The van der Waals surface area contributed by atoms with E-state index in [-0.39, 0.29) is 29.0 Å². The van der Waals surface area contributed by atoms with Crippen molar-refractivity contribution in [3.63, 3.8) is 0 Å². The van der Waals surface area contributed by atoms with Crippen LogP contribution >= 0.6 is 0 Å². The predicted molar refractivity (Wildman–Crippen MR) is 132 cm³/mol. The van der Waals surface area contributed by atoms with E-state index in [9.17, 15) is 13.2 Å². The van der Waals surface area contributed by atoms with Gasteiger partial charge in [-0.2, -0.15) is 8.42 Å². The third kappa shape index (κ3) is 8.01. The number of hydrogen-bond donors (Lipinski definition) is 1. The molecule has 0 heterocycles. The van der Waals surface area contributed by atoms with E-state index in [1.807, 2.05) is 57.2 Å². The normalized spacial score (nSPS) is 12.7. The van der Waals surface area contributed by atoms with Gasteiger partial charge in [0.05, 0.1) is 6.42 Å². The van der Waals surface area contributed by atoms with Gasteiger partial charge < -0.3 is 14.2 Å². The second-order valence-electron chi connectivity index (χ2n) is 9.03. The number of carbonyl (C=O) groups excluding carboxylic acids is 1. The van der Waals surface area contributed by atoms with Crippen LogP contribution in [0.1, 0.15) is 44.2 Å². The summed E-state index contributed by atoms with van der Waals surface area (Å²) >= 11 is 0. The molecule has 1 N–H and O–H groups in total. The molecular weight excluding hydrogens is 450 g/mol. The molecule has 6 nitrogen and oxygen atoms in total. The van der Waals surface area contributed by atoms with E-state index in [1.54, 1.807) is 36.4 Å². The molecule has 0 aromatic heterocycles. The first-order valence-electron chi connectivity index (χ1n) is 11.2. The first kappa shape index (κ1) is 25.5. The second kappa shape index (κ2) is 11.3. The van der Waals surface area contributed by atoms with Gasteiger partial charge in [-0.1, -0.05) is 60.7 Å². The van der Waals surface area contributed by atoms with Crippen LogP contribution in [0.15, 0.2) is 89.8 Å². The number of benzene rings is 3. The van der Waals surface area contributed by atoms with Crippen molar-refractivity contribution in [2.75, 3.05) is 6.54 Å². The Labute approximate surface area is 202 Å². The summed E-state index contributed by atoms with van der Waals surface area (Å²) in [7, 11) is -3.96. The van der Waals surface area contributed by atoms with Crippen LogP contribution in [0.25, 0.3) is 0 Å². The number of hydrogen-bond acceptors (Lipinski definition) is 6. The van der Waals surface area contributed by atoms with Crippen molar-refractivity contribution in [2.45, 2.75) is 50.2 Å². The lowest BCUT2D eigenvalue weighted by atomic mass is 9.95. The molecule has 0 amide bonds. The molecule has 0 aliphatic carbocycles. The number of ether oxygens (including phenoxy) is 1. The van der Waals surface area contributed by atoms with Gasteiger partial charge in [0, 0.05) is 19.0 Å². The third-order valence-electron chi connectivity index (χ3n) is 4.96. The highest BCUT2D eigenvalue weighted by Crippen LogP contribution is 2.27. The van der Waals surface area contributed by atoms with Crippen LogP contribution in [0.5, 0.6) is 5.75 Å². The van der Waals surface area contributed by atoms with Crippen molar-refractivity contribution < 1.29 is 22.1 Å². The fourth-order valence-corrected chi connectivity index (χ4v) is 4.40. The first-order chi connectivity index (χ1) is 16.1. The van der Waals surface area contributed by atoms with Crippen molar-refractivity contribution in [3.8, 4) is 5.75 Å². The quantitative estimate of drug-likeness (QED) is 0.322. The maximum absolute atomic E-state index is 12.6. The van der Waals surface area contributed by atoms with E-state index in [4.69, 9.17) is 8.92 Å². The minimum atomic E-state index is -3.96. The zero-order valence-corrected chi connectivity index (χ0v) is 20.5. The molecule has 3 rings (SSSR count). The Balaban J connectivity index is 1.77. The number of esters is 1. The average molecular weight is 482 g/mol. The van der Waals surface area contributed by atoms with Gasteiger partial charge in [0.2, 0.25) is 0 Å². The summed E-state index contributed by atoms with van der Waals surface area (Å²) in [5, 5.41) is 3.40. The minimum Gasteiger partial charge on any atom is -0.460 e. The number of rotatable bonds is 10. The van der Waals surface area contributed by atoms with Crippen LogP contribution in [-0.2, 0) is 26.2 Å². The van der Waals surface area contributed by atoms with Gasteiger partial charge in [0.25, 0.3) is 0 Å². The number of nitrogens with one attached hydrogen (secondary N) is 1. The Morgan fingerprint density at radius 1 is 0.912 bits per heavy atom. The van der Waals surface area contributed by atoms with E-state index in [2.05, 4.69) is 5.32 Å². The zero-order chi connectivity index (χ0) is 24.6. The standard InChI is InChI=1S/C27H31NO5S/c1-27(2,3)32-26(29)18-23(20-28-19-21-11-6-4-7-12-21)22-13-10-14-24(17-22)33-34(30,31)25-15-8-5-9-16-25/h4-17,23,28H,18-20H2,1-3H3. The lowest BCUT2D eigenvalue weighted by Gasteiger charge is -2.23. The molecule has 0 aliphatic rings. The van der Waals surface area contributed by atoms with Crippen LogP contribution in [-0.4, -0.2) is 26.5 Å². The molecular formula is C27H31NO5S. The molecule has 0 fully saturated rings. The van der Waals surface area contributed by atoms with Gasteiger partial charge in [0.1, 0.15) is 16.2 Å². The van der Waals surface area contributed by atoms with E-state index in [1.165, 1.54) is 12.1 Å². The largest absolute Gasteiger partial charge is 0.460 e. The van der Waals surface area contributed by atoms with Crippen molar-refractivity contribution in [1.29, 1.82) is 0 Å². The van der Waals surface area contributed by atoms with Gasteiger partial charge in [-0.25, -0.2) is 0 Å². The van der Waals surface area contributed by atoms with Gasteiger partial charge in [-0.15, -0.1) is 0 Å². The van der Waals surface area contributed by atoms with Crippen molar-refractivity contribution in [3.05, 3.63) is 96.1 Å². The molecule has 1 atom stereocenters. The maximum Gasteiger partial charge on any atom is 0.339 e. The molecule has 0 radical (unpaired) electrons. The minimum absolute atomic E-state index is 0.0789. The van der Waals surface area contributed by atoms with Crippen molar-refractivity contribution in [2.24, 2.45) is 0 Å². The van der Waals surface area contributed by atoms with Gasteiger partial charge in [-0.05, 0) is 56.2 Å². The molecule has 3 aromatic carbocycles. The maximum atomic E-state index is 12.6. The fraction of sp³-hybridized carbons (Fsp3) is 0.296. The highest BCUT2D eigenvalue weighted by atomic mass is 32.2. The monoisotopic (exact) mass is 481 g/mol. The lowest BCUT2D eigenvalue weighted by Crippen LogP contribution is -2.28. The summed E-state index contributed by atoms with van der Waals surface area (Å²) < 4.78 is 36.2. The summed E-state index contributed by atoms with van der Waals surface area (Å²) in [5.41, 5.74) is 1.32. The highest BCUT2D eigenvalue weighted by Gasteiger charge is 2.23. The lowest BCUT2D eigenvalue weighted by molar-refractivity contribution is -0.155. The molecule has 180 valence electrons.